The van der Waals surface area contributed by atoms with Gasteiger partial charge in [-0.25, -0.2) is 13.6 Å². The molecule has 1 aliphatic rings. The summed E-state index contributed by atoms with van der Waals surface area (Å²) in [6.45, 7) is 2.54. The van der Waals surface area contributed by atoms with Gasteiger partial charge in [0.25, 0.3) is 0 Å². The number of halogens is 2. The summed E-state index contributed by atoms with van der Waals surface area (Å²) < 4.78 is 26.4. The lowest BCUT2D eigenvalue weighted by Gasteiger charge is -2.37. The molecule has 3 nitrogen and oxygen atoms in total. The van der Waals surface area contributed by atoms with Crippen LogP contribution in [0.1, 0.15) is 36.6 Å². The highest BCUT2D eigenvalue weighted by Crippen LogP contribution is 2.28. The molecule has 23 heavy (non-hydrogen) atoms. The third-order valence-corrected chi connectivity index (χ3v) is 4.31. The van der Waals surface area contributed by atoms with Crippen LogP contribution in [0.2, 0.25) is 0 Å². The Hall–Kier alpha value is -2.43. The minimum atomic E-state index is -0.892. The Kier molecular flexibility index (Phi) is 4.28. The van der Waals surface area contributed by atoms with Crippen molar-refractivity contribution in [2.45, 2.75) is 25.4 Å². The summed E-state index contributed by atoms with van der Waals surface area (Å²) in [7, 11) is 0. The average molecular weight is 316 g/mol. The van der Waals surface area contributed by atoms with Crippen LogP contribution in [-0.4, -0.2) is 17.5 Å². The van der Waals surface area contributed by atoms with Crippen LogP contribution in [0.3, 0.4) is 0 Å². The second kappa shape index (κ2) is 6.36. The van der Waals surface area contributed by atoms with Gasteiger partial charge in [-0.2, -0.15) is 0 Å². The fraction of sp³-hybridized carbons (Fsp3) is 0.278. The van der Waals surface area contributed by atoms with Gasteiger partial charge in [-0.05, 0) is 36.6 Å². The quantitative estimate of drug-likeness (QED) is 0.905. The van der Waals surface area contributed by atoms with Crippen molar-refractivity contribution in [1.29, 1.82) is 0 Å². The lowest BCUT2D eigenvalue weighted by Crippen LogP contribution is -2.48. The summed E-state index contributed by atoms with van der Waals surface area (Å²) in [5.74, 6) is -1.77. The van der Waals surface area contributed by atoms with Crippen LogP contribution in [0.25, 0.3) is 0 Å². The molecule has 1 fully saturated rings. The first-order chi connectivity index (χ1) is 11.1. The second-order valence-electron chi connectivity index (χ2n) is 5.74. The third-order valence-electron chi connectivity index (χ3n) is 4.31. The van der Waals surface area contributed by atoms with E-state index in [1.807, 2.05) is 37.3 Å². The predicted molar refractivity (Wildman–Crippen MR) is 83.8 cm³/mol. The monoisotopic (exact) mass is 316 g/mol. The molecule has 2 unspecified atom stereocenters. The topological polar surface area (TPSA) is 32.3 Å². The van der Waals surface area contributed by atoms with Crippen molar-refractivity contribution in [1.82, 2.24) is 10.2 Å². The smallest absolute Gasteiger partial charge is 0.318 e. The van der Waals surface area contributed by atoms with Crippen molar-refractivity contribution < 1.29 is 13.6 Å². The van der Waals surface area contributed by atoms with Crippen molar-refractivity contribution in [2.24, 2.45) is 0 Å². The van der Waals surface area contributed by atoms with E-state index in [1.165, 1.54) is 6.07 Å². The molecule has 120 valence electrons. The summed E-state index contributed by atoms with van der Waals surface area (Å²) in [6, 6.07) is 13.0. The Morgan fingerprint density at radius 1 is 1.13 bits per heavy atom. The van der Waals surface area contributed by atoms with Gasteiger partial charge in [-0.1, -0.05) is 36.4 Å². The van der Waals surface area contributed by atoms with Gasteiger partial charge < -0.3 is 10.2 Å². The van der Waals surface area contributed by atoms with Crippen molar-refractivity contribution in [3.63, 3.8) is 0 Å². The first-order valence-corrected chi connectivity index (χ1v) is 7.63. The molecule has 0 saturated carbocycles. The number of nitrogens with one attached hydrogen (secondary N) is 1. The third kappa shape index (κ3) is 3.18. The molecule has 0 aliphatic carbocycles. The molecule has 2 aromatic carbocycles. The number of hydrogen-bond donors (Lipinski definition) is 1. The number of amides is 2. The van der Waals surface area contributed by atoms with Crippen molar-refractivity contribution >= 4 is 6.03 Å². The SMILES string of the molecule is CC(c1ccccc1)N1CCC(c2ccc(F)c(F)c2)NC1=O. The summed E-state index contributed by atoms with van der Waals surface area (Å²) >= 11 is 0. The number of carbonyl (C=O) groups excluding carboxylic acids is 1. The van der Waals surface area contributed by atoms with Gasteiger partial charge in [0.15, 0.2) is 11.6 Å². The molecule has 0 spiro atoms. The molecule has 1 aliphatic heterocycles. The molecule has 1 heterocycles. The fourth-order valence-corrected chi connectivity index (χ4v) is 2.93. The van der Waals surface area contributed by atoms with E-state index in [-0.39, 0.29) is 18.1 Å². The molecule has 2 aromatic rings. The second-order valence-corrected chi connectivity index (χ2v) is 5.74. The Bertz CT molecular complexity index is 705. The van der Waals surface area contributed by atoms with Crippen LogP contribution in [0.15, 0.2) is 48.5 Å². The van der Waals surface area contributed by atoms with E-state index >= 15 is 0 Å². The van der Waals surface area contributed by atoms with Gasteiger partial charge in [-0.15, -0.1) is 0 Å². The van der Waals surface area contributed by atoms with Gasteiger partial charge >= 0.3 is 6.03 Å². The number of carbonyl (C=O) groups is 1. The van der Waals surface area contributed by atoms with Gasteiger partial charge in [0, 0.05) is 6.54 Å². The number of urea groups is 1. The fourth-order valence-electron chi connectivity index (χ4n) is 2.93. The van der Waals surface area contributed by atoms with Gasteiger partial charge in [0.2, 0.25) is 0 Å². The van der Waals surface area contributed by atoms with E-state index < -0.39 is 11.6 Å². The molecule has 0 aromatic heterocycles. The van der Waals surface area contributed by atoms with Crippen LogP contribution in [-0.2, 0) is 0 Å². The first kappa shape index (κ1) is 15.5. The number of rotatable bonds is 3. The lowest BCUT2D eigenvalue weighted by atomic mass is 9.99. The van der Waals surface area contributed by atoms with E-state index in [1.54, 1.807) is 4.90 Å². The highest BCUT2D eigenvalue weighted by molar-refractivity contribution is 5.76. The first-order valence-electron chi connectivity index (χ1n) is 7.63. The number of benzene rings is 2. The van der Waals surface area contributed by atoms with E-state index in [0.29, 0.717) is 18.5 Å². The number of hydrogen-bond acceptors (Lipinski definition) is 1. The minimum Gasteiger partial charge on any atom is -0.331 e. The van der Waals surface area contributed by atoms with E-state index in [4.69, 9.17) is 0 Å². The van der Waals surface area contributed by atoms with Crippen LogP contribution < -0.4 is 5.32 Å². The summed E-state index contributed by atoms with van der Waals surface area (Å²) in [4.78, 5) is 14.1. The Morgan fingerprint density at radius 2 is 1.87 bits per heavy atom. The van der Waals surface area contributed by atoms with Crippen molar-refractivity contribution in [3.8, 4) is 0 Å². The molecule has 0 radical (unpaired) electrons. The molecule has 1 saturated heterocycles. The van der Waals surface area contributed by atoms with Gasteiger partial charge in [-0.3, -0.25) is 0 Å². The maximum Gasteiger partial charge on any atom is 0.318 e. The molecular weight excluding hydrogens is 298 g/mol. The maximum atomic E-state index is 13.4. The number of nitrogens with zero attached hydrogens (tertiary/aromatic N) is 1. The summed E-state index contributed by atoms with van der Waals surface area (Å²) in [6.07, 6.45) is 0.647. The predicted octanol–water partition coefficient (Wildman–Crippen LogP) is 4.18. The van der Waals surface area contributed by atoms with Crippen LogP contribution >= 0.6 is 0 Å². The molecule has 5 heteroatoms. The molecule has 1 N–H and O–H groups in total. The zero-order valence-electron chi connectivity index (χ0n) is 12.8. The van der Waals surface area contributed by atoms with Crippen LogP contribution in [0, 0.1) is 11.6 Å². The van der Waals surface area contributed by atoms with E-state index in [2.05, 4.69) is 5.32 Å². The van der Waals surface area contributed by atoms with Gasteiger partial charge in [0.1, 0.15) is 0 Å². The minimum absolute atomic E-state index is 0.0397. The Morgan fingerprint density at radius 3 is 2.52 bits per heavy atom. The van der Waals surface area contributed by atoms with Crippen LogP contribution in [0.5, 0.6) is 0 Å². The lowest BCUT2D eigenvalue weighted by molar-refractivity contribution is 0.154. The standard InChI is InChI=1S/C18H18F2N2O/c1-12(13-5-3-2-4-6-13)22-10-9-17(21-18(22)23)14-7-8-15(19)16(20)11-14/h2-8,11-12,17H,9-10H2,1H3,(H,21,23). The van der Waals surface area contributed by atoms with E-state index in [9.17, 15) is 13.6 Å². The Balaban J connectivity index is 1.72. The van der Waals surface area contributed by atoms with Crippen molar-refractivity contribution in [2.75, 3.05) is 6.54 Å². The average Bonchev–Trinajstić information content (AvgIpc) is 2.57. The molecular formula is C18H18F2N2O. The van der Waals surface area contributed by atoms with Crippen molar-refractivity contribution in [3.05, 3.63) is 71.3 Å². The summed E-state index contributed by atoms with van der Waals surface area (Å²) in [5.41, 5.74) is 1.65. The zero-order chi connectivity index (χ0) is 16.4. The summed E-state index contributed by atoms with van der Waals surface area (Å²) in [5, 5.41) is 2.88. The normalized spacial score (nSPS) is 19.3. The maximum absolute atomic E-state index is 13.4. The largest absolute Gasteiger partial charge is 0.331 e. The van der Waals surface area contributed by atoms with Crippen LogP contribution in [0.4, 0.5) is 13.6 Å². The Labute approximate surface area is 133 Å². The molecule has 2 atom stereocenters. The van der Waals surface area contributed by atoms with E-state index in [0.717, 1.165) is 17.7 Å². The van der Waals surface area contributed by atoms with Gasteiger partial charge in [0.05, 0.1) is 12.1 Å². The molecule has 3 rings (SSSR count). The zero-order valence-corrected chi connectivity index (χ0v) is 12.8. The molecule has 0 bridgehead atoms. The molecule has 2 amide bonds. The highest BCUT2D eigenvalue weighted by atomic mass is 19.2. The highest BCUT2D eigenvalue weighted by Gasteiger charge is 2.29.